The number of alkyl halides is 3. The summed E-state index contributed by atoms with van der Waals surface area (Å²) in [6, 6.07) is 12.5. The number of nitrogens with zero attached hydrogens (tertiary/aromatic N) is 6. The molecule has 1 aliphatic rings. The number of rotatable bonds is 5. The van der Waals surface area contributed by atoms with Crippen LogP contribution in [0, 0.1) is 23.8 Å². The molecule has 11 heteroatoms. The molecule has 0 fully saturated rings. The van der Waals surface area contributed by atoms with E-state index in [2.05, 4.69) is 20.2 Å². The van der Waals surface area contributed by atoms with Crippen molar-refractivity contribution in [2.24, 2.45) is 5.92 Å². The van der Waals surface area contributed by atoms with E-state index < -0.39 is 17.8 Å². The molecule has 3 aromatic rings. The molecule has 1 N–H and O–H groups in total. The Bertz CT molecular complexity index is 1460. The number of fused-ring (bicyclic) bond motifs is 1. The van der Waals surface area contributed by atoms with Crippen molar-refractivity contribution in [3.63, 3.8) is 0 Å². The topological polar surface area (TPSA) is 91.2 Å². The minimum Gasteiger partial charge on any atom is -0.294 e. The van der Waals surface area contributed by atoms with Gasteiger partial charge >= 0.3 is 6.18 Å². The molecule has 0 radical (unpaired) electrons. The molecule has 0 saturated heterocycles. The van der Waals surface area contributed by atoms with E-state index in [4.69, 9.17) is 11.8 Å². The van der Waals surface area contributed by atoms with Crippen LogP contribution in [0.3, 0.4) is 0 Å². The van der Waals surface area contributed by atoms with Crippen LogP contribution in [0.1, 0.15) is 49.9 Å². The minimum atomic E-state index is -4.57. The van der Waals surface area contributed by atoms with Crippen molar-refractivity contribution in [3.8, 4) is 6.07 Å². The van der Waals surface area contributed by atoms with Crippen molar-refractivity contribution in [2.75, 3.05) is 10.2 Å². The lowest BCUT2D eigenvalue weighted by atomic mass is 9.99. The van der Waals surface area contributed by atoms with Crippen molar-refractivity contribution >= 4 is 23.5 Å². The van der Waals surface area contributed by atoms with Crippen LogP contribution in [-0.2, 0) is 11.0 Å². The number of amides is 1. The first-order chi connectivity index (χ1) is 17.5. The molecule has 1 aromatic heterocycles. The third-order valence-corrected chi connectivity index (χ3v) is 5.78. The highest BCUT2D eigenvalue weighted by Crippen LogP contribution is 2.44. The molecule has 1 amide bonds. The third-order valence-electron chi connectivity index (χ3n) is 5.78. The molecule has 4 rings (SSSR count). The molecule has 0 saturated carbocycles. The second-order valence-electron chi connectivity index (χ2n) is 8.93. The summed E-state index contributed by atoms with van der Waals surface area (Å²) in [6.45, 7) is 13.3. The highest BCUT2D eigenvalue weighted by molar-refractivity contribution is 5.89. The average molecular weight is 506 g/mol. The Morgan fingerprint density at radius 2 is 1.95 bits per heavy atom. The largest absolute Gasteiger partial charge is 0.416 e. The van der Waals surface area contributed by atoms with Crippen LogP contribution >= 0.6 is 0 Å². The van der Waals surface area contributed by atoms with Gasteiger partial charge < -0.3 is 0 Å². The zero-order chi connectivity index (χ0) is 26.9. The fraction of sp³-hybridized carbons (Fsp3) is 0.269. The van der Waals surface area contributed by atoms with Gasteiger partial charge in [0.05, 0.1) is 23.8 Å². The lowest BCUT2D eigenvalue weighted by molar-refractivity contribution is -0.137. The molecule has 1 aliphatic heterocycles. The molecule has 8 nitrogen and oxygen atoms in total. The van der Waals surface area contributed by atoms with Crippen LogP contribution in [0.15, 0.2) is 59.9 Å². The Hall–Kier alpha value is -4.64. The maximum atomic E-state index is 13.5. The van der Waals surface area contributed by atoms with E-state index >= 15 is 0 Å². The van der Waals surface area contributed by atoms with Crippen LogP contribution < -0.4 is 10.2 Å². The number of nitriles is 1. The van der Waals surface area contributed by atoms with Gasteiger partial charge in [-0.05, 0) is 48.7 Å². The summed E-state index contributed by atoms with van der Waals surface area (Å²) in [7, 11) is 0. The van der Waals surface area contributed by atoms with E-state index in [1.54, 1.807) is 31.2 Å². The van der Waals surface area contributed by atoms with Crippen LogP contribution in [0.2, 0.25) is 0 Å². The monoisotopic (exact) mass is 505 g/mol. The molecular formula is C26H22F3N7O. The lowest BCUT2D eigenvalue weighted by Crippen LogP contribution is -2.30. The van der Waals surface area contributed by atoms with Gasteiger partial charge in [-0.3, -0.25) is 15.0 Å². The minimum absolute atomic E-state index is 0.0321. The molecule has 0 aliphatic carbocycles. The van der Waals surface area contributed by atoms with Gasteiger partial charge in [0.25, 0.3) is 5.95 Å². The number of carbonyl (C=O) groups excluding carboxylic acids is 1. The first kappa shape index (κ1) is 25.5. The van der Waals surface area contributed by atoms with E-state index in [9.17, 15) is 18.0 Å². The number of carbonyl (C=O) groups is 1. The van der Waals surface area contributed by atoms with E-state index in [0.29, 0.717) is 16.8 Å². The van der Waals surface area contributed by atoms with Crippen molar-refractivity contribution < 1.29 is 18.0 Å². The summed E-state index contributed by atoms with van der Waals surface area (Å²) in [5.41, 5.74) is 0.909. The molecule has 188 valence electrons. The normalized spacial score (nSPS) is 15.3. The summed E-state index contributed by atoms with van der Waals surface area (Å²) >= 11 is 0. The fourth-order valence-corrected chi connectivity index (χ4v) is 4.13. The van der Waals surface area contributed by atoms with E-state index in [0.717, 1.165) is 12.1 Å². The predicted molar refractivity (Wildman–Crippen MR) is 130 cm³/mol. The second kappa shape index (κ2) is 9.78. The molecule has 0 unspecified atom stereocenters. The van der Waals surface area contributed by atoms with E-state index in [1.165, 1.54) is 21.7 Å². The zero-order valence-electron chi connectivity index (χ0n) is 20.2. The number of hydrogen-bond donors (Lipinski definition) is 1. The van der Waals surface area contributed by atoms with Gasteiger partial charge in [0.15, 0.2) is 0 Å². The van der Waals surface area contributed by atoms with E-state index in [1.807, 2.05) is 19.9 Å². The number of allylic oxidation sites excluding steroid dienone is 2. The number of anilines is 3. The fourth-order valence-electron chi connectivity index (χ4n) is 4.13. The molecule has 2 aromatic carbocycles. The Kier molecular flexibility index (Phi) is 6.73. The summed E-state index contributed by atoms with van der Waals surface area (Å²) < 4.78 is 41.9. The van der Waals surface area contributed by atoms with Crippen LogP contribution in [-0.4, -0.2) is 20.7 Å². The smallest absolute Gasteiger partial charge is 0.294 e. The molecular weight excluding hydrogens is 483 g/mol. The average Bonchev–Trinajstić information content (AvgIpc) is 3.24. The van der Waals surface area contributed by atoms with Crippen molar-refractivity contribution in [1.82, 2.24) is 14.8 Å². The summed E-state index contributed by atoms with van der Waals surface area (Å²) in [6.07, 6.45) is -4.34. The van der Waals surface area contributed by atoms with Gasteiger partial charge in [0, 0.05) is 17.8 Å². The Balaban J connectivity index is 1.90. The highest BCUT2D eigenvalue weighted by Gasteiger charge is 2.38. The molecule has 2 heterocycles. The summed E-state index contributed by atoms with van der Waals surface area (Å²) in [5.74, 6) is -0.120. The quantitative estimate of drug-likeness (QED) is 0.427. The SMILES string of the molecule is [C-]#[N+]C1=C(C)N(c2cccc(C(F)(F)F)c2)c2nc(NC(=O)CC(C)C)nn2[C@@H]1c1ccc(C#N)cc1. The lowest BCUT2D eigenvalue weighted by Gasteiger charge is -2.34. The van der Waals surface area contributed by atoms with Crippen LogP contribution in [0.25, 0.3) is 4.85 Å². The summed E-state index contributed by atoms with van der Waals surface area (Å²) in [4.78, 5) is 22.0. The number of benzene rings is 2. The van der Waals surface area contributed by atoms with Gasteiger partial charge in [0.2, 0.25) is 17.6 Å². The number of nitrogens with one attached hydrogen (secondary N) is 1. The number of aromatic nitrogens is 3. The van der Waals surface area contributed by atoms with Gasteiger partial charge in [0.1, 0.15) is 6.04 Å². The number of hydrogen-bond acceptors (Lipinski definition) is 5. The first-order valence-electron chi connectivity index (χ1n) is 11.4. The Morgan fingerprint density at radius 1 is 1.24 bits per heavy atom. The van der Waals surface area contributed by atoms with Gasteiger partial charge in [-0.2, -0.15) is 23.4 Å². The first-order valence-corrected chi connectivity index (χ1v) is 11.4. The van der Waals surface area contributed by atoms with Gasteiger partial charge in [-0.25, -0.2) is 9.53 Å². The summed E-state index contributed by atoms with van der Waals surface area (Å²) in [5, 5.41) is 16.3. The van der Waals surface area contributed by atoms with E-state index in [-0.39, 0.29) is 41.5 Å². The second-order valence-corrected chi connectivity index (χ2v) is 8.93. The molecule has 1 atom stereocenters. The van der Waals surface area contributed by atoms with Gasteiger partial charge in [-0.15, -0.1) is 5.10 Å². The number of halogens is 3. The van der Waals surface area contributed by atoms with Crippen LogP contribution in [0.5, 0.6) is 0 Å². The van der Waals surface area contributed by atoms with Crippen molar-refractivity contribution in [2.45, 2.75) is 39.4 Å². The standard InChI is InChI=1S/C26H22F3N7O/c1-15(2)12-21(37)32-24-33-25-35(20-7-5-6-19(13-20)26(27,28)29)16(3)22(31-4)23(36(25)34-24)18-10-8-17(14-30)9-11-18/h5-11,13,15,23H,12H2,1-3H3,(H,32,34,37)/t23-/m1/s1. The molecule has 0 bridgehead atoms. The predicted octanol–water partition coefficient (Wildman–Crippen LogP) is 6.05. The molecule has 0 spiro atoms. The van der Waals surface area contributed by atoms with Gasteiger partial charge in [-0.1, -0.05) is 32.0 Å². The van der Waals surface area contributed by atoms with Crippen molar-refractivity contribution in [1.29, 1.82) is 5.26 Å². The maximum Gasteiger partial charge on any atom is 0.416 e. The zero-order valence-corrected chi connectivity index (χ0v) is 20.2. The maximum absolute atomic E-state index is 13.5. The van der Waals surface area contributed by atoms with Crippen molar-refractivity contribution in [3.05, 3.63) is 88.0 Å². The third kappa shape index (κ3) is 5.02. The Morgan fingerprint density at radius 3 is 2.54 bits per heavy atom. The molecule has 37 heavy (non-hydrogen) atoms. The van der Waals surface area contributed by atoms with Crippen LogP contribution in [0.4, 0.5) is 30.8 Å². The highest BCUT2D eigenvalue weighted by atomic mass is 19.4. The Labute approximate surface area is 211 Å².